The second-order valence-corrected chi connectivity index (χ2v) is 9.47. The number of hydrogen-bond donors (Lipinski definition) is 1. The van der Waals surface area contributed by atoms with Gasteiger partial charge in [-0.2, -0.15) is 0 Å². The summed E-state index contributed by atoms with van der Waals surface area (Å²) >= 11 is 5.43. The zero-order chi connectivity index (χ0) is 22.1. The Morgan fingerprint density at radius 2 is 1.56 bits per heavy atom. The first-order chi connectivity index (χ1) is 15.6. The molecule has 2 saturated heterocycles. The summed E-state index contributed by atoms with van der Waals surface area (Å²) in [5.41, 5.74) is 3.33. The number of fused-ring (bicyclic) bond motifs is 1. The number of rotatable bonds is 5. The quantitative estimate of drug-likeness (QED) is 0.571. The van der Waals surface area contributed by atoms with Crippen LogP contribution >= 0.6 is 37.0 Å². The Kier molecular flexibility index (Phi) is 9.52. The summed E-state index contributed by atoms with van der Waals surface area (Å²) in [5, 5.41) is 4.17. The van der Waals surface area contributed by atoms with Gasteiger partial charge in [0.15, 0.2) is 5.11 Å². The molecule has 2 aromatic carbocycles. The van der Waals surface area contributed by atoms with Gasteiger partial charge in [0, 0.05) is 64.3 Å². The minimum Gasteiger partial charge on any atom is -0.362 e. The summed E-state index contributed by atoms with van der Waals surface area (Å²) in [6.07, 6.45) is 2.06. The Bertz CT molecular complexity index is 970. The molecular weight excluding hydrogens is 497 g/mol. The van der Waals surface area contributed by atoms with Crippen LogP contribution in [0.25, 0.3) is 0 Å². The first-order valence-electron chi connectivity index (χ1n) is 11.6. The van der Waals surface area contributed by atoms with Gasteiger partial charge in [-0.25, -0.2) is 8.78 Å². The molecule has 3 aliphatic rings. The molecule has 2 unspecified atom stereocenters. The van der Waals surface area contributed by atoms with Gasteiger partial charge in [-0.05, 0) is 66.0 Å². The van der Waals surface area contributed by atoms with Gasteiger partial charge < -0.3 is 10.2 Å². The molecule has 0 spiro atoms. The molecule has 34 heavy (non-hydrogen) atoms. The van der Waals surface area contributed by atoms with Crippen LogP contribution in [0.1, 0.15) is 41.5 Å². The van der Waals surface area contributed by atoms with Gasteiger partial charge in [0.1, 0.15) is 11.6 Å². The molecule has 2 aromatic rings. The van der Waals surface area contributed by atoms with Crippen LogP contribution in [0.4, 0.5) is 8.78 Å². The van der Waals surface area contributed by atoms with E-state index in [9.17, 15) is 8.78 Å². The van der Waals surface area contributed by atoms with Crippen molar-refractivity contribution in [3.05, 3.63) is 70.8 Å². The second kappa shape index (κ2) is 12.0. The van der Waals surface area contributed by atoms with Gasteiger partial charge in [-0.1, -0.05) is 18.2 Å². The van der Waals surface area contributed by atoms with Crippen LogP contribution in [0.5, 0.6) is 0 Å². The van der Waals surface area contributed by atoms with E-state index in [1.54, 1.807) is 12.1 Å². The van der Waals surface area contributed by atoms with Gasteiger partial charge in [0.2, 0.25) is 0 Å². The number of hydrogen-bond acceptors (Lipinski definition) is 3. The van der Waals surface area contributed by atoms with Crippen molar-refractivity contribution in [2.75, 3.05) is 52.4 Å². The second-order valence-electron chi connectivity index (χ2n) is 9.08. The third-order valence-electron chi connectivity index (χ3n) is 7.22. The Morgan fingerprint density at radius 1 is 0.853 bits per heavy atom. The highest BCUT2D eigenvalue weighted by Gasteiger charge is 2.36. The number of piperazine rings is 1. The Morgan fingerprint density at radius 3 is 2.26 bits per heavy atom. The molecule has 0 radical (unpaired) electrons. The molecule has 2 fully saturated rings. The fourth-order valence-corrected chi connectivity index (χ4v) is 5.72. The van der Waals surface area contributed by atoms with E-state index in [1.807, 2.05) is 18.2 Å². The average Bonchev–Trinajstić information content (AvgIpc) is 3.18. The molecule has 2 heterocycles. The van der Waals surface area contributed by atoms with Crippen molar-refractivity contribution in [3.63, 3.8) is 0 Å². The average molecular weight is 530 g/mol. The van der Waals surface area contributed by atoms with Crippen LogP contribution in [-0.4, -0.2) is 72.2 Å². The topological polar surface area (TPSA) is 21.8 Å². The van der Waals surface area contributed by atoms with Crippen molar-refractivity contribution in [2.45, 2.75) is 24.8 Å². The Labute approximate surface area is 218 Å². The highest BCUT2D eigenvalue weighted by atomic mass is 35.5. The molecule has 0 bridgehead atoms. The van der Waals surface area contributed by atoms with E-state index in [0.29, 0.717) is 0 Å². The number of thiocarbonyl (C=S) groups is 1. The van der Waals surface area contributed by atoms with Gasteiger partial charge in [-0.3, -0.25) is 9.80 Å². The standard InChI is InChI=1S/C25H30F2N4S.2ClH/c26-19-4-2-18(3-5-19)22-17-24(21-7-6-20(27)16-23(21)22)30-13-10-29(11-14-30)12-15-31-9-1-8-28-25(31)32;;/h2-7,16,22,24H,1,8-15,17H2,(H,28,32);2*1H. The molecule has 5 rings (SSSR count). The van der Waals surface area contributed by atoms with E-state index >= 15 is 0 Å². The highest BCUT2D eigenvalue weighted by Crippen LogP contribution is 2.47. The van der Waals surface area contributed by atoms with Crippen LogP contribution < -0.4 is 5.32 Å². The summed E-state index contributed by atoms with van der Waals surface area (Å²) in [7, 11) is 0. The summed E-state index contributed by atoms with van der Waals surface area (Å²) in [6.45, 7) is 8.10. The zero-order valence-electron chi connectivity index (χ0n) is 19.1. The molecule has 1 aliphatic carbocycles. The smallest absolute Gasteiger partial charge is 0.168 e. The van der Waals surface area contributed by atoms with Gasteiger partial charge >= 0.3 is 0 Å². The molecule has 4 nitrogen and oxygen atoms in total. The molecule has 186 valence electrons. The number of halogens is 4. The normalized spacial score (nSPS) is 23.0. The first kappa shape index (κ1) is 27.1. The minimum atomic E-state index is -0.236. The number of nitrogens with zero attached hydrogens (tertiary/aromatic N) is 3. The molecule has 1 N–H and O–H groups in total. The van der Waals surface area contributed by atoms with Crippen molar-refractivity contribution in [2.24, 2.45) is 0 Å². The molecule has 2 atom stereocenters. The lowest BCUT2D eigenvalue weighted by Gasteiger charge is -2.39. The van der Waals surface area contributed by atoms with E-state index in [0.717, 1.165) is 81.4 Å². The van der Waals surface area contributed by atoms with Crippen molar-refractivity contribution in [3.8, 4) is 0 Å². The third kappa shape index (κ3) is 5.82. The van der Waals surface area contributed by atoms with Crippen molar-refractivity contribution in [1.29, 1.82) is 0 Å². The van der Waals surface area contributed by atoms with Crippen molar-refractivity contribution < 1.29 is 8.78 Å². The Balaban J connectivity index is 0.00000162. The highest BCUT2D eigenvalue weighted by molar-refractivity contribution is 7.80. The van der Waals surface area contributed by atoms with E-state index in [-0.39, 0.29) is 48.4 Å². The molecule has 9 heteroatoms. The van der Waals surface area contributed by atoms with Gasteiger partial charge in [0.05, 0.1) is 0 Å². The lowest BCUT2D eigenvalue weighted by molar-refractivity contribution is 0.0910. The predicted octanol–water partition coefficient (Wildman–Crippen LogP) is 4.58. The summed E-state index contributed by atoms with van der Waals surface area (Å²) in [5.74, 6) is -0.330. The van der Waals surface area contributed by atoms with Crippen molar-refractivity contribution in [1.82, 2.24) is 20.0 Å². The van der Waals surface area contributed by atoms with E-state index in [4.69, 9.17) is 12.2 Å². The molecule has 0 saturated carbocycles. The molecule has 2 aliphatic heterocycles. The van der Waals surface area contributed by atoms with Crippen LogP contribution in [0.2, 0.25) is 0 Å². The lowest BCUT2D eigenvalue weighted by Crippen LogP contribution is -2.52. The maximum atomic E-state index is 14.1. The largest absolute Gasteiger partial charge is 0.362 e. The minimum absolute atomic E-state index is 0. The first-order valence-corrected chi connectivity index (χ1v) is 12.0. The number of benzene rings is 2. The monoisotopic (exact) mass is 528 g/mol. The fraction of sp³-hybridized carbons (Fsp3) is 0.480. The lowest BCUT2D eigenvalue weighted by atomic mass is 9.93. The summed E-state index contributed by atoms with van der Waals surface area (Å²) < 4.78 is 27.6. The van der Waals surface area contributed by atoms with Gasteiger partial charge in [0.25, 0.3) is 0 Å². The van der Waals surface area contributed by atoms with Crippen LogP contribution in [-0.2, 0) is 0 Å². The Hall–Kier alpha value is -1.51. The third-order valence-corrected chi connectivity index (χ3v) is 7.62. The van der Waals surface area contributed by atoms with E-state index in [1.165, 1.54) is 17.7 Å². The fourth-order valence-electron chi connectivity index (χ4n) is 5.44. The maximum Gasteiger partial charge on any atom is 0.168 e. The SMILES string of the molecule is Cl.Cl.Fc1ccc(C2CC(N3CCN(CCN4CCCNC4=S)CC3)c3ccc(F)cc32)cc1. The summed E-state index contributed by atoms with van der Waals surface area (Å²) in [6, 6.07) is 12.2. The zero-order valence-corrected chi connectivity index (χ0v) is 21.5. The molecular formula is C25H32Cl2F2N4S. The van der Waals surface area contributed by atoms with E-state index < -0.39 is 0 Å². The van der Waals surface area contributed by atoms with Gasteiger partial charge in [-0.15, -0.1) is 24.8 Å². The summed E-state index contributed by atoms with van der Waals surface area (Å²) in [4.78, 5) is 7.34. The van der Waals surface area contributed by atoms with Crippen LogP contribution in [0.3, 0.4) is 0 Å². The van der Waals surface area contributed by atoms with Crippen molar-refractivity contribution >= 4 is 42.1 Å². The maximum absolute atomic E-state index is 14.1. The van der Waals surface area contributed by atoms with Crippen LogP contribution in [0.15, 0.2) is 42.5 Å². The van der Waals surface area contributed by atoms with E-state index in [2.05, 4.69) is 20.0 Å². The molecule has 0 aromatic heterocycles. The number of nitrogens with one attached hydrogen (secondary N) is 1. The molecule has 0 amide bonds. The predicted molar refractivity (Wildman–Crippen MR) is 141 cm³/mol. The van der Waals surface area contributed by atoms with Crippen LogP contribution in [0, 0.1) is 11.6 Å².